The van der Waals surface area contributed by atoms with Crippen molar-refractivity contribution < 1.29 is 9.90 Å². The van der Waals surface area contributed by atoms with Crippen LogP contribution in [0.1, 0.15) is 6.92 Å². The molecule has 1 aliphatic heterocycles. The molecule has 1 rings (SSSR count). The fraction of sp³-hybridized carbons (Fsp3) is 0.889. The molecule has 14 heavy (non-hydrogen) atoms. The predicted molar refractivity (Wildman–Crippen MR) is 54.1 cm³/mol. The first-order valence-electron chi connectivity index (χ1n) is 4.91. The molecule has 0 amide bonds. The number of carbonyl (C=O) groups is 1. The van der Waals surface area contributed by atoms with Crippen molar-refractivity contribution in [2.45, 2.75) is 19.0 Å². The van der Waals surface area contributed by atoms with Gasteiger partial charge in [-0.05, 0) is 14.0 Å². The smallest absolute Gasteiger partial charge is 0.321 e. The number of piperazine rings is 1. The van der Waals surface area contributed by atoms with E-state index in [9.17, 15) is 4.79 Å². The van der Waals surface area contributed by atoms with Crippen LogP contribution in [0, 0.1) is 0 Å². The monoisotopic (exact) mass is 201 g/mol. The lowest BCUT2D eigenvalue weighted by Gasteiger charge is -2.38. The first kappa shape index (κ1) is 11.4. The van der Waals surface area contributed by atoms with E-state index in [1.54, 1.807) is 0 Å². The van der Waals surface area contributed by atoms with E-state index in [-0.39, 0.29) is 0 Å². The van der Waals surface area contributed by atoms with Crippen LogP contribution in [0.3, 0.4) is 0 Å². The number of nitrogens with two attached hydrogens (primary N) is 1. The molecule has 0 spiro atoms. The van der Waals surface area contributed by atoms with Crippen molar-refractivity contribution in [2.24, 2.45) is 5.73 Å². The number of rotatable bonds is 3. The van der Waals surface area contributed by atoms with Crippen molar-refractivity contribution in [3.05, 3.63) is 0 Å². The van der Waals surface area contributed by atoms with Crippen LogP contribution in [0.5, 0.6) is 0 Å². The van der Waals surface area contributed by atoms with E-state index in [1.165, 1.54) is 0 Å². The zero-order chi connectivity index (χ0) is 10.7. The molecule has 0 aromatic carbocycles. The number of carboxylic acid groups (broad SMARTS) is 1. The Bertz CT molecular complexity index is 210. The van der Waals surface area contributed by atoms with Crippen LogP contribution in [-0.2, 0) is 4.79 Å². The van der Waals surface area contributed by atoms with Gasteiger partial charge in [-0.2, -0.15) is 0 Å². The van der Waals surface area contributed by atoms with Gasteiger partial charge in [0.25, 0.3) is 0 Å². The zero-order valence-corrected chi connectivity index (χ0v) is 8.81. The Morgan fingerprint density at radius 2 is 2.29 bits per heavy atom. The summed E-state index contributed by atoms with van der Waals surface area (Å²) in [6.45, 7) is 5.41. The van der Waals surface area contributed by atoms with Gasteiger partial charge in [-0.15, -0.1) is 0 Å². The molecule has 0 radical (unpaired) electrons. The largest absolute Gasteiger partial charge is 0.480 e. The van der Waals surface area contributed by atoms with E-state index in [0.29, 0.717) is 12.6 Å². The summed E-state index contributed by atoms with van der Waals surface area (Å²) in [6.07, 6.45) is 0. The number of hydrogen-bond acceptors (Lipinski definition) is 4. The number of hydrogen-bond donors (Lipinski definition) is 2. The van der Waals surface area contributed by atoms with Crippen LogP contribution < -0.4 is 5.73 Å². The highest BCUT2D eigenvalue weighted by atomic mass is 16.4. The van der Waals surface area contributed by atoms with Crippen LogP contribution >= 0.6 is 0 Å². The minimum Gasteiger partial charge on any atom is -0.480 e. The molecule has 1 saturated heterocycles. The number of aliphatic carboxylic acids is 1. The zero-order valence-electron chi connectivity index (χ0n) is 8.81. The summed E-state index contributed by atoms with van der Waals surface area (Å²) in [5.74, 6) is -0.920. The third kappa shape index (κ3) is 2.94. The van der Waals surface area contributed by atoms with Gasteiger partial charge in [-0.3, -0.25) is 9.69 Å². The number of carboxylic acids is 1. The molecule has 2 unspecified atom stereocenters. The normalized spacial score (nSPS) is 27.5. The molecule has 1 aliphatic rings. The molecular weight excluding hydrogens is 182 g/mol. The molecule has 0 saturated carbocycles. The van der Waals surface area contributed by atoms with Gasteiger partial charge in [0.05, 0.1) is 0 Å². The molecule has 0 bridgehead atoms. The van der Waals surface area contributed by atoms with Crippen molar-refractivity contribution in [2.75, 3.05) is 33.2 Å². The van der Waals surface area contributed by atoms with Crippen LogP contribution in [0.25, 0.3) is 0 Å². The second kappa shape index (κ2) is 4.72. The second-order valence-corrected chi connectivity index (χ2v) is 4.05. The van der Waals surface area contributed by atoms with Gasteiger partial charge in [-0.1, -0.05) is 0 Å². The lowest BCUT2D eigenvalue weighted by molar-refractivity contribution is -0.139. The van der Waals surface area contributed by atoms with Crippen molar-refractivity contribution in [1.29, 1.82) is 0 Å². The highest BCUT2D eigenvalue weighted by molar-refractivity contribution is 5.73. The summed E-state index contributed by atoms with van der Waals surface area (Å²) >= 11 is 0. The van der Waals surface area contributed by atoms with E-state index in [1.807, 2.05) is 0 Å². The highest BCUT2D eigenvalue weighted by Crippen LogP contribution is 2.07. The summed E-state index contributed by atoms with van der Waals surface area (Å²) in [6, 6.07) is -0.375. The molecular formula is C9H19N3O2. The predicted octanol–water partition coefficient (Wildman–Crippen LogP) is -0.966. The molecule has 0 aromatic heterocycles. The van der Waals surface area contributed by atoms with E-state index in [0.717, 1.165) is 19.6 Å². The Kier molecular flexibility index (Phi) is 3.86. The molecule has 2 atom stereocenters. The Balaban J connectivity index is 2.41. The summed E-state index contributed by atoms with van der Waals surface area (Å²) in [5.41, 5.74) is 5.49. The van der Waals surface area contributed by atoms with Gasteiger partial charge in [-0.25, -0.2) is 0 Å². The lowest BCUT2D eigenvalue weighted by atomic mass is 10.1. The Labute approximate surface area is 84.5 Å². The topological polar surface area (TPSA) is 69.8 Å². The van der Waals surface area contributed by atoms with Gasteiger partial charge in [0.1, 0.15) is 6.04 Å². The lowest BCUT2D eigenvalue weighted by Crippen LogP contribution is -2.54. The third-order valence-electron chi connectivity index (χ3n) is 2.72. The molecule has 5 nitrogen and oxygen atoms in total. The number of nitrogens with zero attached hydrogens (tertiary/aromatic N) is 2. The maximum Gasteiger partial charge on any atom is 0.321 e. The SMILES string of the molecule is CC1CN(C)CCN1CC(N)C(=O)O. The molecule has 5 heteroatoms. The Morgan fingerprint density at radius 3 is 2.79 bits per heavy atom. The van der Waals surface area contributed by atoms with Crippen LogP contribution in [0.4, 0.5) is 0 Å². The average molecular weight is 201 g/mol. The molecule has 0 aliphatic carbocycles. The molecule has 3 N–H and O–H groups in total. The van der Waals surface area contributed by atoms with Gasteiger partial charge >= 0.3 is 5.97 Å². The fourth-order valence-electron chi connectivity index (χ4n) is 1.78. The van der Waals surface area contributed by atoms with Crippen molar-refractivity contribution in [3.63, 3.8) is 0 Å². The fourth-order valence-corrected chi connectivity index (χ4v) is 1.78. The Morgan fingerprint density at radius 1 is 1.64 bits per heavy atom. The van der Waals surface area contributed by atoms with Gasteiger partial charge in [0.15, 0.2) is 0 Å². The summed E-state index contributed by atoms with van der Waals surface area (Å²) in [4.78, 5) is 15.0. The summed E-state index contributed by atoms with van der Waals surface area (Å²) in [7, 11) is 2.07. The van der Waals surface area contributed by atoms with Crippen LogP contribution in [0.2, 0.25) is 0 Å². The molecule has 0 aromatic rings. The Hall–Kier alpha value is -0.650. The minimum absolute atomic E-state index is 0.388. The third-order valence-corrected chi connectivity index (χ3v) is 2.72. The average Bonchev–Trinajstić information content (AvgIpc) is 2.09. The highest BCUT2D eigenvalue weighted by Gasteiger charge is 2.24. The van der Waals surface area contributed by atoms with Crippen molar-refractivity contribution in [1.82, 2.24) is 9.80 Å². The van der Waals surface area contributed by atoms with Crippen LogP contribution in [0.15, 0.2) is 0 Å². The maximum absolute atomic E-state index is 10.6. The van der Waals surface area contributed by atoms with Crippen LogP contribution in [-0.4, -0.2) is 66.2 Å². The maximum atomic E-state index is 10.6. The molecule has 1 fully saturated rings. The minimum atomic E-state index is -0.920. The van der Waals surface area contributed by atoms with E-state index in [2.05, 4.69) is 23.8 Å². The first-order chi connectivity index (χ1) is 6.50. The molecule has 1 heterocycles. The standard InChI is InChI=1S/C9H19N3O2/c1-7-5-11(2)3-4-12(7)6-8(10)9(13)14/h7-8H,3-6,10H2,1-2H3,(H,13,14). The van der Waals surface area contributed by atoms with E-state index >= 15 is 0 Å². The first-order valence-corrected chi connectivity index (χ1v) is 4.91. The van der Waals surface area contributed by atoms with E-state index in [4.69, 9.17) is 10.8 Å². The van der Waals surface area contributed by atoms with Crippen molar-refractivity contribution in [3.8, 4) is 0 Å². The van der Waals surface area contributed by atoms with Crippen molar-refractivity contribution >= 4 is 5.97 Å². The second-order valence-electron chi connectivity index (χ2n) is 4.05. The van der Waals surface area contributed by atoms with Gasteiger partial charge < -0.3 is 15.7 Å². The van der Waals surface area contributed by atoms with Gasteiger partial charge in [0.2, 0.25) is 0 Å². The summed E-state index contributed by atoms with van der Waals surface area (Å²) < 4.78 is 0. The molecule has 82 valence electrons. The summed E-state index contributed by atoms with van der Waals surface area (Å²) in [5, 5.41) is 8.69. The van der Waals surface area contributed by atoms with Gasteiger partial charge in [0, 0.05) is 32.2 Å². The quantitative estimate of drug-likeness (QED) is 0.615. The number of likely N-dealkylation sites (N-methyl/N-ethyl adjacent to an activating group) is 1. The van der Waals surface area contributed by atoms with E-state index < -0.39 is 12.0 Å².